The quantitative estimate of drug-likeness (QED) is 0.380. The maximum absolute atomic E-state index is 12.9. The number of carbonyl (C=O) groups is 1. The van der Waals surface area contributed by atoms with Crippen molar-refractivity contribution in [3.8, 4) is 11.4 Å². The number of hydrogen-bond donors (Lipinski definition) is 0. The summed E-state index contributed by atoms with van der Waals surface area (Å²) in [6.45, 7) is 6.31. The lowest BCUT2D eigenvalue weighted by atomic mass is 10.0. The number of methoxy groups -OCH3 is 1. The first-order chi connectivity index (χ1) is 16.3. The van der Waals surface area contributed by atoms with Crippen molar-refractivity contribution >= 4 is 16.9 Å². The third kappa shape index (κ3) is 4.46. The monoisotopic (exact) mass is 459 g/mol. The van der Waals surface area contributed by atoms with Gasteiger partial charge in [-0.1, -0.05) is 18.2 Å². The summed E-state index contributed by atoms with van der Waals surface area (Å²) in [5.74, 6) is 0.584. The number of para-hydroxylation sites is 1. The van der Waals surface area contributed by atoms with Crippen LogP contribution in [0.15, 0.2) is 57.7 Å². The van der Waals surface area contributed by atoms with Crippen LogP contribution in [0.4, 0.5) is 0 Å². The van der Waals surface area contributed by atoms with E-state index < -0.39 is 5.63 Å². The van der Waals surface area contributed by atoms with Gasteiger partial charge in [0.25, 0.3) is 0 Å². The average Bonchev–Trinajstić information content (AvgIpc) is 3.12. The van der Waals surface area contributed by atoms with E-state index in [0.717, 1.165) is 33.6 Å². The van der Waals surface area contributed by atoms with Crippen LogP contribution in [0.3, 0.4) is 0 Å². The number of aromatic nitrogens is 2. The molecule has 0 aliphatic rings. The first kappa shape index (κ1) is 23.3. The second-order valence-corrected chi connectivity index (χ2v) is 8.50. The van der Waals surface area contributed by atoms with Crippen LogP contribution in [0.5, 0.6) is 5.75 Å². The minimum absolute atomic E-state index is 0.0418. The van der Waals surface area contributed by atoms with E-state index in [4.69, 9.17) is 9.15 Å². The Balaban J connectivity index is 1.49. The van der Waals surface area contributed by atoms with E-state index in [0.29, 0.717) is 29.9 Å². The fourth-order valence-electron chi connectivity index (χ4n) is 4.26. The first-order valence-corrected chi connectivity index (χ1v) is 11.2. The van der Waals surface area contributed by atoms with Crippen molar-refractivity contribution < 1.29 is 13.9 Å². The van der Waals surface area contributed by atoms with Gasteiger partial charge < -0.3 is 14.1 Å². The molecule has 2 aromatic heterocycles. The third-order valence-corrected chi connectivity index (χ3v) is 6.35. The molecule has 0 aliphatic carbocycles. The lowest BCUT2D eigenvalue weighted by molar-refractivity contribution is -0.130. The van der Waals surface area contributed by atoms with Crippen molar-refractivity contribution in [2.45, 2.75) is 40.2 Å². The summed E-state index contributed by atoms with van der Waals surface area (Å²) in [5.41, 5.74) is 5.34. The molecule has 176 valence electrons. The number of carbonyl (C=O) groups excluding carboxylic acids is 1. The molecule has 2 heterocycles. The summed E-state index contributed by atoms with van der Waals surface area (Å²) in [6, 6.07) is 15.3. The Morgan fingerprint density at radius 3 is 2.53 bits per heavy atom. The molecule has 34 heavy (non-hydrogen) atoms. The predicted octanol–water partition coefficient (Wildman–Crippen LogP) is 4.50. The van der Waals surface area contributed by atoms with Gasteiger partial charge in [-0.2, -0.15) is 5.10 Å². The minimum atomic E-state index is -0.412. The molecule has 0 spiro atoms. The van der Waals surface area contributed by atoms with Crippen LogP contribution in [0.1, 0.15) is 34.5 Å². The van der Waals surface area contributed by atoms with Crippen molar-refractivity contribution in [2.24, 2.45) is 0 Å². The van der Waals surface area contributed by atoms with Crippen LogP contribution < -0.4 is 10.4 Å². The zero-order valence-corrected chi connectivity index (χ0v) is 20.2. The molecular formula is C27H29N3O4. The highest BCUT2D eigenvalue weighted by Gasteiger charge is 2.19. The molecular weight excluding hydrogens is 430 g/mol. The molecule has 0 aliphatic heterocycles. The third-order valence-electron chi connectivity index (χ3n) is 6.35. The van der Waals surface area contributed by atoms with Crippen LogP contribution in [-0.4, -0.2) is 34.7 Å². The van der Waals surface area contributed by atoms with Crippen LogP contribution in [0.2, 0.25) is 0 Å². The Bertz CT molecular complexity index is 1400. The molecule has 0 radical (unpaired) electrons. The molecule has 7 nitrogen and oxygen atoms in total. The molecule has 0 fully saturated rings. The van der Waals surface area contributed by atoms with Gasteiger partial charge >= 0.3 is 5.63 Å². The number of rotatable bonds is 7. The highest BCUT2D eigenvalue weighted by molar-refractivity contribution is 5.82. The van der Waals surface area contributed by atoms with Gasteiger partial charge in [0.15, 0.2) is 0 Å². The average molecular weight is 460 g/mol. The predicted molar refractivity (Wildman–Crippen MR) is 132 cm³/mol. The molecule has 0 N–H and O–H groups in total. The molecule has 4 rings (SSSR count). The zero-order valence-electron chi connectivity index (χ0n) is 20.2. The Labute approximate surface area is 198 Å². The smallest absolute Gasteiger partial charge is 0.339 e. The number of ether oxygens (including phenoxy) is 1. The van der Waals surface area contributed by atoms with Crippen LogP contribution in [0.25, 0.3) is 16.7 Å². The van der Waals surface area contributed by atoms with E-state index >= 15 is 0 Å². The van der Waals surface area contributed by atoms with Gasteiger partial charge in [0.05, 0.1) is 18.5 Å². The van der Waals surface area contributed by atoms with E-state index in [9.17, 15) is 9.59 Å². The number of amides is 1. The largest absolute Gasteiger partial charge is 0.497 e. The highest BCUT2D eigenvalue weighted by Crippen LogP contribution is 2.25. The zero-order chi connectivity index (χ0) is 24.4. The Morgan fingerprint density at radius 2 is 1.82 bits per heavy atom. The molecule has 0 unspecified atom stereocenters. The summed E-state index contributed by atoms with van der Waals surface area (Å²) >= 11 is 0. The summed E-state index contributed by atoms with van der Waals surface area (Å²) in [4.78, 5) is 27.2. The van der Waals surface area contributed by atoms with E-state index in [1.54, 1.807) is 25.1 Å². The second kappa shape index (κ2) is 9.55. The van der Waals surface area contributed by atoms with Crippen LogP contribution in [-0.2, 0) is 17.8 Å². The Hall–Kier alpha value is -3.87. The molecule has 1 amide bonds. The van der Waals surface area contributed by atoms with Crippen molar-refractivity contribution in [3.63, 3.8) is 0 Å². The standard InChI is InChI=1S/C27H29N3O4/c1-17-22-12-11-21(33-5)15-25(22)34-27(32)23(17)13-14-26(31)29(4)16-24-18(2)28-30(19(24)3)20-9-7-6-8-10-20/h6-12,15H,13-14,16H2,1-5H3. The summed E-state index contributed by atoms with van der Waals surface area (Å²) < 4.78 is 12.6. The molecule has 4 aromatic rings. The lowest BCUT2D eigenvalue weighted by Gasteiger charge is -2.18. The highest BCUT2D eigenvalue weighted by atomic mass is 16.5. The number of fused-ring (bicyclic) bond motifs is 1. The van der Waals surface area contributed by atoms with Crippen molar-refractivity contribution in [1.82, 2.24) is 14.7 Å². The second-order valence-electron chi connectivity index (χ2n) is 8.50. The van der Waals surface area contributed by atoms with Crippen molar-refractivity contribution in [1.29, 1.82) is 0 Å². The Morgan fingerprint density at radius 1 is 1.09 bits per heavy atom. The van der Waals surface area contributed by atoms with Crippen LogP contribution in [0, 0.1) is 20.8 Å². The summed E-state index contributed by atoms with van der Waals surface area (Å²) in [7, 11) is 3.35. The van der Waals surface area contributed by atoms with Gasteiger partial charge in [-0.25, -0.2) is 9.48 Å². The van der Waals surface area contributed by atoms with Crippen molar-refractivity contribution in [3.05, 3.63) is 87.0 Å². The van der Waals surface area contributed by atoms with E-state index in [1.807, 2.05) is 67.9 Å². The van der Waals surface area contributed by atoms with Gasteiger partial charge in [0.1, 0.15) is 11.3 Å². The fourth-order valence-corrected chi connectivity index (χ4v) is 4.26. The normalized spacial score (nSPS) is 11.1. The molecule has 7 heteroatoms. The van der Waals surface area contributed by atoms with Gasteiger partial charge in [-0.15, -0.1) is 0 Å². The first-order valence-electron chi connectivity index (χ1n) is 11.2. The number of benzene rings is 2. The summed E-state index contributed by atoms with van der Waals surface area (Å²) in [5, 5.41) is 5.51. The van der Waals surface area contributed by atoms with E-state index in [-0.39, 0.29) is 12.3 Å². The maximum Gasteiger partial charge on any atom is 0.339 e. The SMILES string of the molecule is COc1ccc2c(C)c(CCC(=O)N(C)Cc3c(C)nn(-c4ccccc4)c3C)c(=O)oc2c1. The van der Waals surface area contributed by atoms with Gasteiger partial charge in [0.2, 0.25) is 5.91 Å². The Kier molecular flexibility index (Phi) is 6.54. The van der Waals surface area contributed by atoms with E-state index in [1.165, 1.54) is 0 Å². The van der Waals surface area contributed by atoms with Gasteiger partial charge in [-0.3, -0.25) is 4.79 Å². The molecule has 0 saturated carbocycles. The summed E-state index contributed by atoms with van der Waals surface area (Å²) in [6.07, 6.45) is 0.537. The van der Waals surface area contributed by atoms with E-state index in [2.05, 4.69) is 5.10 Å². The molecule has 0 bridgehead atoms. The molecule has 0 atom stereocenters. The lowest BCUT2D eigenvalue weighted by Crippen LogP contribution is -2.27. The number of aryl methyl sites for hydroxylation is 2. The molecule has 2 aromatic carbocycles. The maximum atomic E-state index is 12.9. The number of hydrogen-bond acceptors (Lipinski definition) is 5. The van der Waals surface area contributed by atoms with Crippen LogP contribution >= 0.6 is 0 Å². The van der Waals surface area contributed by atoms with Gasteiger partial charge in [0, 0.05) is 48.3 Å². The topological polar surface area (TPSA) is 77.6 Å². The van der Waals surface area contributed by atoms with Gasteiger partial charge in [-0.05, 0) is 57.0 Å². The minimum Gasteiger partial charge on any atom is -0.497 e. The molecule has 0 saturated heterocycles. The number of nitrogens with zero attached hydrogens (tertiary/aromatic N) is 3. The fraction of sp³-hybridized carbons (Fsp3) is 0.296. The van der Waals surface area contributed by atoms with Crippen molar-refractivity contribution in [2.75, 3.05) is 14.2 Å².